The van der Waals surface area contributed by atoms with E-state index in [0.29, 0.717) is 41.3 Å². The van der Waals surface area contributed by atoms with Crippen molar-refractivity contribution in [3.8, 4) is 0 Å². The third-order valence-corrected chi connectivity index (χ3v) is 6.22. The fraction of sp³-hybridized carbons (Fsp3) is 0.235. The number of thiophene rings is 1. The molecule has 0 aliphatic carbocycles. The van der Waals surface area contributed by atoms with Crippen molar-refractivity contribution in [3.05, 3.63) is 59.9 Å². The highest BCUT2D eigenvalue weighted by Gasteiger charge is 2.21. The third kappa shape index (κ3) is 3.34. The minimum atomic E-state index is -0.458. The number of benzene rings is 1. The number of fused-ring (bicyclic) bond motifs is 1. The van der Waals surface area contributed by atoms with Crippen LogP contribution in [-0.2, 0) is 11.3 Å². The first-order valence-electron chi connectivity index (χ1n) is 7.63. The van der Waals surface area contributed by atoms with Gasteiger partial charge in [-0.15, -0.1) is 11.3 Å². The van der Waals surface area contributed by atoms with E-state index in [1.807, 2.05) is 0 Å². The van der Waals surface area contributed by atoms with Crippen molar-refractivity contribution < 1.29 is 9.53 Å². The van der Waals surface area contributed by atoms with E-state index in [4.69, 9.17) is 39.5 Å². The summed E-state index contributed by atoms with van der Waals surface area (Å²) in [6.45, 7) is 3.81. The van der Waals surface area contributed by atoms with Gasteiger partial charge in [0, 0.05) is 10.6 Å². The minimum absolute atomic E-state index is 0.115. The van der Waals surface area contributed by atoms with Gasteiger partial charge in [0.1, 0.15) is 9.71 Å². The Morgan fingerprint density at radius 1 is 1.27 bits per heavy atom. The molecule has 0 atom stereocenters. The van der Waals surface area contributed by atoms with Crippen molar-refractivity contribution in [2.45, 2.75) is 20.4 Å². The fourth-order valence-corrected chi connectivity index (χ4v) is 4.25. The van der Waals surface area contributed by atoms with Gasteiger partial charge in [-0.3, -0.25) is 9.36 Å². The van der Waals surface area contributed by atoms with Crippen LogP contribution < -0.4 is 5.56 Å². The van der Waals surface area contributed by atoms with E-state index in [-0.39, 0.29) is 18.7 Å². The van der Waals surface area contributed by atoms with Gasteiger partial charge in [-0.25, -0.2) is 9.78 Å². The Balaban J connectivity index is 2.11. The molecule has 3 aromatic rings. The van der Waals surface area contributed by atoms with E-state index in [9.17, 15) is 9.59 Å². The van der Waals surface area contributed by atoms with Crippen molar-refractivity contribution in [3.63, 3.8) is 0 Å². The summed E-state index contributed by atoms with van der Waals surface area (Å²) >= 11 is 19.6. The number of carbonyl (C=O) groups is 1. The largest absolute Gasteiger partial charge is 0.462 e. The van der Waals surface area contributed by atoms with E-state index < -0.39 is 5.97 Å². The molecule has 0 amide bonds. The van der Waals surface area contributed by atoms with Gasteiger partial charge < -0.3 is 4.74 Å². The molecule has 136 valence electrons. The highest BCUT2D eigenvalue weighted by Crippen LogP contribution is 2.32. The average molecular weight is 432 g/mol. The zero-order chi connectivity index (χ0) is 19.0. The van der Waals surface area contributed by atoms with Crippen molar-refractivity contribution in [2.75, 3.05) is 6.61 Å². The zero-order valence-electron chi connectivity index (χ0n) is 13.8. The van der Waals surface area contributed by atoms with E-state index in [2.05, 4.69) is 4.98 Å². The number of aromatic nitrogens is 2. The molecule has 1 aromatic carbocycles. The summed E-state index contributed by atoms with van der Waals surface area (Å²) in [5, 5.41) is 1.43. The first kappa shape index (κ1) is 19.2. The molecule has 9 heteroatoms. The van der Waals surface area contributed by atoms with Gasteiger partial charge in [0.15, 0.2) is 0 Å². The van der Waals surface area contributed by atoms with Crippen molar-refractivity contribution in [1.82, 2.24) is 9.55 Å². The highest BCUT2D eigenvalue weighted by molar-refractivity contribution is 7.20. The van der Waals surface area contributed by atoms with Gasteiger partial charge in [-0.2, -0.15) is 0 Å². The average Bonchev–Trinajstić information content (AvgIpc) is 2.95. The van der Waals surface area contributed by atoms with Crippen LogP contribution in [0.15, 0.2) is 23.3 Å². The van der Waals surface area contributed by atoms with Crippen LogP contribution in [0.4, 0.5) is 0 Å². The number of hydrogen-bond donors (Lipinski definition) is 0. The SMILES string of the molecule is CCOC(=O)c1sc2ncn(Cc3c(Cl)ccc(Cl)c3Cl)c(=O)c2c1C. The maximum atomic E-state index is 12.9. The lowest BCUT2D eigenvalue weighted by molar-refractivity contribution is 0.0531. The van der Waals surface area contributed by atoms with Crippen LogP contribution in [-0.4, -0.2) is 22.1 Å². The maximum absolute atomic E-state index is 12.9. The summed E-state index contributed by atoms with van der Waals surface area (Å²) < 4.78 is 6.42. The van der Waals surface area contributed by atoms with E-state index in [1.54, 1.807) is 26.0 Å². The van der Waals surface area contributed by atoms with Gasteiger partial charge in [0.05, 0.1) is 34.9 Å². The fourth-order valence-electron chi connectivity index (χ4n) is 2.55. The Hall–Kier alpha value is -1.60. The molecule has 0 N–H and O–H groups in total. The van der Waals surface area contributed by atoms with Crippen LogP contribution in [0.25, 0.3) is 10.2 Å². The number of esters is 1. The van der Waals surface area contributed by atoms with Crippen LogP contribution in [0.5, 0.6) is 0 Å². The number of ether oxygens (including phenoxy) is 1. The lowest BCUT2D eigenvalue weighted by Crippen LogP contribution is -2.21. The molecule has 26 heavy (non-hydrogen) atoms. The monoisotopic (exact) mass is 430 g/mol. The third-order valence-electron chi connectivity index (χ3n) is 3.85. The zero-order valence-corrected chi connectivity index (χ0v) is 16.9. The second kappa shape index (κ2) is 7.56. The molecule has 2 aromatic heterocycles. The molecule has 3 rings (SSSR count). The molecule has 2 heterocycles. The van der Waals surface area contributed by atoms with Gasteiger partial charge >= 0.3 is 5.97 Å². The minimum Gasteiger partial charge on any atom is -0.462 e. The maximum Gasteiger partial charge on any atom is 0.348 e. The first-order chi connectivity index (χ1) is 12.3. The summed E-state index contributed by atoms with van der Waals surface area (Å²) in [6, 6.07) is 3.21. The smallest absolute Gasteiger partial charge is 0.348 e. The molecule has 0 unspecified atom stereocenters. The lowest BCUT2D eigenvalue weighted by Gasteiger charge is -2.10. The Labute approximate surface area is 168 Å². The molecular formula is C17H13Cl3N2O3S. The summed E-state index contributed by atoms with van der Waals surface area (Å²) in [4.78, 5) is 30.1. The number of hydrogen-bond acceptors (Lipinski definition) is 5. The van der Waals surface area contributed by atoms with Gasteiger partial charge in [-0.1, -0.05) is 34.8 Å². The summed E-state index contributed by atoms with van der Waals surface area (Å²) in [6.07, 6.45) is 1.41. The quantitative estimate of drug-likeness (QED) is 0.433. The number of halogens is 3. The van der Waals surface area contributed by atoms with Gasteiger partial charge in [0.2, 0.25) is 0 Å². The van der Waals surface area contributed by atoms with Crippen molar-refractivity contribution >= 4 is 62.3 Å². The predicted octanol–water partition coefficient (Wildman–Crippen LogP) is 4.95. The Morgan fingerprint density at radius 2 is 1.96 bits per heavy atom. The standard InChI is InChI=1S/C17H13Cl3N2O3S/c1-3-25-17(24)14-8(2)12-15(26-14)21-7-22(16(12)23)6-9-10(18)4-5-11(19)13(9)20/h4-5,7H,3,6H2,1-2H3. The van der Waals surface area contributed by atoms with Crippen LogP contribution in [0.2, 0.25) is 15.1 Å². The molecule has 5 nitrogen and oxygen atoms in total. The highest BCUT2D eigenvalue weighted by atomic mass is 35.5. The molecular weight excluding hydrogens is 419 g/mol. The first-order valence-corrected chi connectivity index (χ1v) is 9.58. The van der Waals surface area contributed by atoms with Crippen LogP contribution in [0.3, 0.4) is 0 Å². The normalized spacial score (nSPS) is 11.1. The van der Waals surface area contributed by atoms with Crippen LogP contribution in [0, 0.1) is 6.92 Å². The number of carbonyl (C=O) groups excluding carboxylic acids is 1. The molecule has 0 radical (unpaired) electrons. The molecule has 0 aliphatic heterocycles. The van der Waals surface area contributed by atoms with Crippen molar-refractivity contribution in [1.29, 1.82) is 0 Å². The second-order valence-corrected chi connectivity index (χ2v) is 7.65. The Kier molecular flexibility index (Phi) is 5.58. The predicted molar refractivity (Wildman–Crippen MR) is 105 cm³/mol. The van der Waals surface area contributed by atoms with Crippen LogP contribution >= 0.6 is 46.1 Å². The van der Waals surface area contributed by atoms with Gasteiger partial charge in [0.25, 0.3) is 5.56 Å². The molecule has 0 spiro atoms. The van der Waals surface area contributed by atoms with E-state index >= 15 is 0 Å². The molecule has 0 fully saturated rings. The summed E-state index contributed by atoms with van der Waals surface area (Å²) in [7, 11) is 0. The second-order valence-electron chi connectivity index (χ2n) is 5.46. The number of nitrogens with zero attached hydrogens (tertiary/aromatic N) is 2. The van der Waals surface area contributed by atoms with Crippen molar-refractivity contribution in [2.24, 2.45) is 0 Å². The topological polar surface area (TPSA) is 61.2 Å². The number of rotatable bonds is 4. The van der Waals surface area contributed by atoms with E-state index in [1.165, 1.54) is 10.9 Å². The lowest BCUT2D eigenvalue weighted by atomic mass is 10.2. The van der Waals surface area contributed by atoms with Crippen LogP contribution in [0.1, 0.15) is 27.7 Å². The Bertz CT molecular complexity index is 1080. The Morgan fingerprint density at radius 3 is 2.65 bits per heavy atom. The molecule has 0 saturated heterocycles. The van der Waals surface area contributed by atoms with Gasteiger partial charge in [-0.05, 0) is 31.5 Å². The molecule has 0 bridgehead atoms. The summed E-state index contributed by atoms with van der Waals surface area (Å²) in [5.41, 5.74) is 0.799. The summed E-state index contributed by atoms with van der Waals surface area (Å²) in [5.74, 6) is -0.458. The molecule has 0 saturated carbocycles. The van der Waals surface area contributed by atoms with E-state index in [0.717, 1.165) is 11.3 Å². The number of aryl methyl sites for hydroxylation is 1. The molecule has 0 aliphatic rings.